The summed E-state index contributed by atoms with van der Waals surface area (Å²) in [5, 5.41) is 2.53. The number of hydrogen-bond acceptors (Lipinski definition) is 5. The molecule has 0 aliphatic carbocycles. The highest BCUT2D eigenvalue weighted by Gasteiger charge is 2.30. The van der Waals surface area contributed by atoms with Gasteiger partial charge in [0.25, 0.3) is 0 Å². The Morgan fingerprint density at radius 1 is 1.39 bits per heavy atom. The van der Waals surface area contributed by atoms with Crippen molar-refractivity contribution in [1.82, 2.24) is 9.88 Å². The second kappa shape index (κ2) is 6.91. The largest absolute Gasteiger partial charge is 0.461 e. The lowest BCUT2D eigenvalue weighted by atomic mass is 10.1. The van der Waals surface area contributed by atoms with Crippen molar-refractivity contribution < 1.29 is 14.3 Å². The predicted octanol–water partition coefficient (Wildman–Crippen LogP) is 2.66. The third-order valence-electron chi connectivity index (χ3n) is 3.79. The van der Waals surface area contributed by atoms with Crippen molar-refractivity contribution in [2.75, 3.05) is 13.2 Å². The summed E-state index contributed by atoms with van der Waals surface area (Å²) in [4.78, 5) is 29.9. The Hall–Kier alpha value is -2.21. The summed E-state index contributed by atoms with van der Waals surface area (Å²) < 4.78 is 5.30. The molecule has 0 radical (unpaired) electrons. The molecule has 1 aromatic carbocycles. The molecule has 0 spiro atoms. The molecule has 1 amide bonds. The van der Waals surface area contributed by atoms with E-state index in [0.717, 1.165) is 10.6 Å². The summed E-state index contributed by atoms with van der Waals surface area (Å²) in [6.07, 6.45) is 0.427. The zero-order chi connectivity index (χ0) is 16.2. The Balaban J connectivity index is 1.50. The van der Waals surface area contributed by atoms with E-state index in [1.165, 1.54) is 11.3 Å². The SMILES string of the molecule is Cc1nc(C(=O)OCC2CC(=O)N(Cc3ccccc3)C2)cs1. The highest BCUT2D eigenvalue weighted by atomic mass is 32.1. The third kappa shape index (κ3) is 3.96. The van der Waals surface area contributed by atoms with Gasteiger partial charge in [-0.1, -0.05) is 30.3 Å². The topological polar surface area (TPSA) is 59.5 Å². The Bertz CT molecular complexity index is 699. The standard InChI is InChI=1S/C17H18N2O3S/c1-12-18-15(11-23-12)17(21)22-10-14-7-16(20)19(9-14)8-13-5-3-2-4-6-13/h2-6,11,14H,7-10H2,1H3. The van der Waals surface area contributed by atoms with Gasteiger partial charge < -0.3 is 9.64 Å². The first-order valence-electron chi connectivity index (χ1n) is 7.53. The molecule has 1 fully saturated rings. The van der Waals surface area contributed by atoms with Crippen LogP contribution in [0.5, 0.6) is 0 Å². The second-order valence-electron chi connectivity index (χ2n) is 5.68. The van der Waals surface area contributed by atoms with Crippen LogP contribution in [0.25, 0.3) is 0 Å². The minimum Gasteiger partial charge on any atom is -0.461 e. The van der Waals surface area contributed by atoms with Crippen LogP contribution in [-0.2, 0) is 16.1 Å². The van der Waals surface area contributed by atoms with Crippen LogP contribution in [0, 0.1) is 12.8 Å². The smallest absolute Gasteiger partial charge is 0.357 e. The first-order valence-corrected chi connectivity index (χ1v) is 8.41. The summed E-state index contributed by atoms with van der Waals surface area (Å²) in [7, 11) is 0. The second-order valence-corrected chi connectivity index (χ2v) is 6.74. The zero-order valence-electron chi connectivity index (χ0n) is 12.9. The molecule has 1 aliphatic heterocycles. The molecule has 1 saturated heterocycles. The van der Waals surface area contributed by atoms with E-state index in [1.54, 1.807) is 5.38 Å². The van der Waals surface area contributed by atoms with Crippen LogP contribution in [0.15, 0.2) is 35.7 Å². The van der Waals surface area contributed by atoms with E-state index >= 15 is 0 Å². The van der Waals surface area contributed by atoms with Gasteiger partial charge in [-0.05, 0) is 12.5 Å². The number of likely N-dealkylation sites (tertiary alicyclic amines) is 1. The van der Waals surface area contributed by atoms with Gasteiger partial charge in [0.2, 0.25) is 5.91 Å². The summed E-state index contributed by atoms with van der Waals surface area (Å²) >= 11 is 1.42. The number of rotatable bonds is 5. The van der Waals surface area contributed by atoms with Crippen molar-refractivity contribution in [1.29, 1.82) is 0 Å². The number of aryl methyl sites for hydroxylation is 1. The molecule has 1 unspecified atom stereocenters. The third-order valence-corrected chi connectivity index (χ3v) is 4.56. The number of nitrogens with zero attached hydrogens (tertiary/aromatic N) is 2. The molecule has 2 aromatic rings. The van der Waals surface area contributed by atoms with Crippen LogP contribution < -0.4 is 0 Å². The average molecular weight is 330 g/mol. The zero-order valence-corrected chi connectivity index (χ0v) is 13.7. The molecule has 5 nitrogen and oxygen atoms in total. The summed E-state index contributed by atoms with van der Waals surface area (Å²) in [5.41, 5.74) is 1.45. The average Bonchev–Trinajstić information content (AvgIpc) is 3.13. The number of ether oxygens (including phenoxy) is 1. The number of amides is 1. The van der Waals surface area contributed by atoms with Crippen LogP contribution in [-0.4, -0.2) is 34.9 Å². The summed E-state index contributed by atoms with van der Waals surface area (Å²) in [6.45, 7) is 3.33. The van der Waals surface area contributed by atoms with Gasteiger partial charge in [0.1, 0.15) is 0 Å². The van der Waals surface area contributed by atoms with Gasteiger partial charge in [0, 0.05) is 30.8 Å². The first-order chi connectivity index (χ1) is 11.1. The maximum Gasteiger partial charge on any atom is 0.357 e. The lowest BCUT2D eigenvalue weighted by molar-refractivity contribution is -0.128. The molecule has 0 saturated carbocycles. The van der Waals surface area contributed by atoms with Crippen LogP contribution >= 0.6 is 11.3 Å². The van der Waals surface area contributed by atoms with E-state index in [4.69, 9.17) is 4.74 Å². The van der Waals surface area contributed by atoms with E-state index in [1.807, 2.05) is 42.2 Å². The van der Waals surface area contributed by atoms with E-state index < -0.39 is 5.97 Å². The fourth-order valence-corrected chi connectivity index (χ4v) is 3.23. The number of carbonyl (C=O) groups excluding carboxylic acids is 2. The van der Waals surface area contributed by atoms with Crippen molar-refractivity contribution >= 4 is 23.2 Å². The number of hydrogen-bond donors (Lipinski definition) is 0. The maximum absolute atomic E-state index is 12.1. The number of carbonyl (C=O) groups is 2. The van der Waals surface area contributed by atoms with Gasteiger partial charge in [0.15, 0.2) is 5.69 Å². The maximum atomic E-state index is 12.1. The lowest BCUT2D eigenvalue weighted by Gasteiger charge is -2.16. The summed E-state index contributed by atoms with van der Waals surface area (Å²) in [6, 6.07) is 9.89. The van der Waals surface area contributed by atoms with Crippen molar-refractivity contribution in [3.63, 3.8) is 0 Å². The van der Waals surface area contributed by atoms with Crippen LogP contribution in [0.3, 0.4) is 0 Å². The monoisotopic (exact) mass is 330 g/mol. The number of thiazole rings is 1. The molecule has 6 heteroatoms. The van der Waals surface area contributed by atoms with Crippen LogP contribution in [0.2, 0.25) is 0 Å². The molecular weight excluding hydrogens is 312 g/mol. The molecule has 0 N–H and O–H groups in total. The molecular formula is C17H18N2O3S. The molecule has 1 atom stereocenters. The molecule has 1 aliphatic rings. The van der Waals surface area contributed by atoms with E-state index in [9.17, 15) is 9.59 Å². The Kier molecular flexibility index (Phi) is 4.71. The quantitative estimate of drug-likeness (QED) is 0.791. The van der Waals surface area contributed by atoms with E-state index in [0.29, 0.717) is 25.2 Å². The molecule has 0 bridgehead atoms. The Morgan fingerprint density at radius 2 is 2.17 bits per heavy atom. The normalized spacial score (nSPS) is 17.5. The van der Waals surface area contributed by atoms with Gasteiger partial charge in [-0.2, -0.15) is 0 Å². The van der Waals surface area contributed by atoms with Gasteiger partial charge in [-0.3, -0.25) is 4.79 Å². The predicted molar refractivity (Wildman–Crippen MR) is 87.1 cm³/mol. The van der Waals surface area contributed by atoms with Gasteiger partial charge in [-0.15, -0.1) is 11.3 Å². The van der Waals surface area contributed by atoms with Crippen molar-refractivity contribution in [2.24, 2.45) is 5.92 Å². The van der Waals surface area contributed by atoms with Crippen molar-refractivity contribution in [3.05, 3.63) is 52.0 Å². The Labute approximate surface area is 138 Å². The van der Waals surface area contributed by atoms with Gasteiger partial charge >= 0.3 is 5.97 Å². The first kappa shape index (κ1) is 15.7. The van der Waals surface area contributed by atoms with E-state index in [-0.39, 0.29) is 18.4 Å². The minimum atomic E-state index is -0.414. The fraction of sp³-hybridized carbons (Fsp3) is 0.353. The van der Waals surface area contributed by atoms with Gasteiger partial charge in [0.05, 0.1) is 11.6 Å². The number of esters is 1. The lowest BCUT2D eigenvalue weighted by Crippen LogP contribution is -2.25. The fourth-order valence-electron chi connectivity index (χ4n) is 2.65. The number of benzene rings is 1. The van der Waals surface area contributed by atoms with Crippen LogP contribution in [0.1, 0.15) is 27.5 Å². The highest BCUT2D eigenvalue weighted by Crippen LogP contribution is 2.21. The van der Waals surface area contributed by atoms with Crippen molar-refractivity contribution in [3.8, 4) is 0 Å². The molecule has 2 heterocycles. The molecule has 1 aromatic heterocycles. The Morgan fingerprint density at radius 3 is 2.87 bits per heavy atom. The molecule has 3 rings (SSSR count). The van der Waals surface area contributed by atoms with Crippen LogP contribution in [0.4, 0.5) is 0 Å². The molecule has 23 heavy (non-hydrogen) atoms. The van der Waals surface area contributed by atoms with E-state index in [2.05, 4.69) is 4.98 Å². The minimum absolute atomic E-state index is 0.0508. The highest BCUT2D eigenvalue weighted by molar-refractivity contribution is 7.09. The summed E-state index contributed by atoms with van der Waals surface area (Å²) in [5.74, 6) is -0.252. The van der Waals surface area contributed by atoms with Crippen molar-refractivity contribution in [2.45, 2.75) is 19.9 Å². The van der Waals surface area contributed by atoms with Gasteiger partial charge in [-0.25, -0.2) is 9.78 Å². The molecule has 120 valence electrons. The number of aromatic nitrogens is 1.